The number of hydrogen-bond donors (Lipinski definition) is 1. The van der Waals surface area contributed by atoms with E-state index in [1.807, 2.05) is 50.2 Å². The van der Waals surface area contributed by atoms with Crippen molar-refractivity contribution >= 4 is 21.6 Å². The number of carbonyl (C=O) groups is 1. The number of nitrogens with one attached hydrogen (secondary N) is 1. The molecule has 0 fully saturated rings. The summed E-state index contributed by atoms with van der Waals surface area (Å²) in [5.74, 6) is 0.332. The van der Waals surface area contributed by atoms with E-state index in [1.54, 1.807) is 12.1 Å². The van der Waals surface area contributed by atoms with Gasteiger partial charge in [0.25, 0.3) is 0 Å². The summed E-state index contributed by atoms with van der Waals surface area (Å²) in [6, 6.07) is 14.6. The number of sulfonamides is 1. The van der Waals surface area contributed by atoms with Crippen LogP contribution in [0.4, 0.5) is 5.69 Å². The first-order valence-electron chi connectivity index (χ1n) is 9.93. The Balaban J connectivity index is 2.00. The number of hydrogen-bond acceptors (Lipinski definition) is 4. The second-order valence-electron chi connectivity index (χ2n) is 8.66. The highest BCUT2D eigenvalue weighted by Gasteiger charge is 2.22. The Hall–Kier alpha value is -2.54. The van der Waals surface area contributed by atoms with Crippen LogP contribution in [0.2, 0.25) is 0 Å². The lowest BCUT2D eigenvalue weighted by Gasteiger charge is -2.25. The Morgan fingerprint density at radius 1 is 1.07 bits per heavy atom. The van der Waals surface area contributed by atoms with Crippen LogP contribution in [-0.4, -0.2) is 39.8 Å². The fraction of sp³-hybridized carbons (Fsp3) is 0.435. The van der Waals surface area contributed by atoms with Crippen LogP contribution < -0.4 is 14.4 Å². The van der Waals surface area contributed by atoms with Crippen LogP contribution in [-0.2, 0) is 20.2 Å². The number of carbonyl (C=O) groups excluding carboxylic acids is 1. The van der Waals surface area contributed by atoms with E-state index in [1.165, 1.54) is 0 Å². The van der Waals surface area contributed by atoms with Crippen molar-refractivity contribution in [2.24, 2.45) is 0 Å². The van der Waals surface area contributed by atoms with Crippen molar-refractivity contribution in [3.63, 3.8) is 0 Å². The first kappa shape index (κ1) is 23.7. The molecule has 1 N–H and O–H groups in total. The van der Waals surface area contributed by atoms with E-state index in [2.05, 4.69) is 26.1 Å². The van der Waals surface area contributed by atoms with E-state index in [0.29, 0.717) is 5.69 Å². The molecule has 30 heavy (non-hydrogen) atoms. The molecule has 164 valence electrons. The van der Waals surface area contributed by atoms with Crippen LogP contribution in [0.3, 0.4) is 0 Å². The Labute approximate surface area is 180 Å². The van der Waals surface area contributed by atoms with Crippen molar-refractivity contribution in [2.75, 3.05) is 23.7 Å². The van der Waals surface area contributed by atoms with Gasteiger partial charge in [-0.05, 0) is 49.1 Å². The third-order valence-electron chi connectivity index (χ3n) is 4.64. The molecular formula is C23H32N2O4S. The zero-order valence-electron chi connectivity index (χ0n) is 18.6. The largest absolute Gasteiger partial charge is 0.491 e. The summed E-state index contributed by atoms with van der Waals surface area (Å²) >= 11 is 0. The van der Waals surface area contributed by atoms with E-state index in [0.717, 1.165) is 27.4 Å². The number of rotatable bonds is 8. The Morgan fingerprint density at radius 2 is 1.63 bits per heavy atom. The highest BCUT2D eigenvalue weighted by atomic mass is 32.2. The summed E-state index contributed by atoms with van der Waals surface area (Å²) in [5, 5.41) is 2.80. The standard InChI is InChI=1S/C23H32N2O4S/c1-17-7-13-21(14-8-17)29-16-18(2)24-22(26)15-25(30(6,27)28)20-11-9-19(10-12-20)23(3,4)5/h7-14,18H,15-16H2,1-6H3,(H,24,26)/t18-/m1/s1. The lowest BCUT2D eigenvalue weighted by molar-refractivity contribution is -0.120. The zero-order chi connectivity index (χ0) is 22.5. The van der Waals surface area contributed by atoms with Gasteiger partial charge < -0.3 is 10.1 Å². The van der Waals surface area contributed by atoms with Gasteiger partial charge in [-0.1, -0.05) is 50.6 Å². The predicted octanol–water partition coefficient (Wildman–Crippen LogP) is 3.64. The van der Waals surface area contributed by atoms with Crippen LogP contribution in [0.25, 0.3) is 0 Å². The average Bonchev–Trinajstić information content (AvgIpc) is 2.64. The molecule has 2 aromatic carbocycles. The van der Waals surface area contributed by atoms with Gasteiger partial charge in [-0.25, -0.2) is 8.42 Å². The lowest BCUT2D eigenvalue weighted by Crippen LogP contribution is -2.44. The SMILES string of the molecule is Cc1ccc(OC[C@@H](C)NC(=O)CN(c2ccc(C(C)(C)C)cc2)S(C)(=O)=O)cc1. The molecule has 0 saturated carbocycles. The molecule has 7 heteroatoms. The smallest absolute Gasteiger partial charge is 0.241 e. The highest BCUT2D eigenvalue weighted by molar-refractivity contribution is 7.92. The Kier molecular flexibility index (Phi) is 7.53. The molecule has 0 heterocycles. The van der Waals surface area contributed by atoms with Gasteiger partial charge in [-0.15, -0.1) is 0 Å². The summed E-state index contributed by atoms with van der Waals surface area (Å²) in [5.41, 5.74) is 2.65. The molecule has 1 amide bonds. The molecule has 1 atom stereocenters. The number of nitrogens with zero attached hydrogens (tertiary/aromatic N) is 1. The molecule has 0 radical (unpaired) electrons. The molecular weight excluding hydrogens is 400 g/mol. The summed E-state index contributed by atoms with van der Waals surface area (Å²) in [6.45, 7) is 10.1. The summed E-state index contributed by atoms with van der Waals surface area (Å²) in [7, 11) is -3.62. The molecule has 0 aliphatic carbocycles. The van der Waals surface area contributed by atoms with Gasteiger partial charge in [0.1, 0.15) is 18.9 Å². The first-order chi connectivity index (χ1) is 13.9. The summed E-state index contributed by atoms with van der Waals surface area (Å²) in [6.07, 6.45) is 1.10. The van der Waals surface area contributed by atoms with E-state index < -0.39 is 10.0 Å². The van der Waals surface area contributed by atoms with Crippen molar-refractivity contribution < 1.29 is 17.9 Å². The molecule has 0 saturated heterocycles. The van der Waals surface area contributed by atoms with Gasteiger partial charge in [-0.2, -0.15) is 0 Å². The maximum atomic E-state index is 12.5. The maximum Gasteiger partial charge on any atom is 0.241 e. The quantitative estimate of drug-likeness (QED) is 0.691. The number of ether oxygens (including phenoxy) is 1. The van der Waals surface area contributed by atoms with Crippen LogP contribution >= 0.6 is 0 Å². The van der Waals surface area contributed by atoms with Crippen molar-refractivity contribution in [2.45, 2.75) is 46.1 Å². The molecule has 0 aliphatic rings. The van der Waals surface area contributed by atoms with Crippen molar-refractivity contribution in [3.05, 3.63) is 59.7 Å². The number of amides is 1. The molecule has 0 aliphatic heterocycles. The fourth-order valence-corrected chi connectivity index (χ4v) is 3.73. The second kappa shape index (κ2) is 9.51. The third-order valence-corrected chi connectivity index (χ3v) is 5.78. The summed E-state index contributed by atoms with van der Waals surface area (Å²) in [4.78, 5) is 12.5. The molecule has 0 spiro atoms. The van der Waals surface area contributed by atoms with Gasteiger partial charge in [0.05, 0.1) is 18.0 Å². The monoisotopic (exact) mass is 432 g/mol. The minimum Gasteiger partial charge on any atom is -0.491 e. The molecule has 0 aromatic heterocycles. The topological polar surface area (TPSA) is 75.7 Å². The van der Waals surface area contributed by atoms with Gasteiger partial charge in [0.15, 0.2) is 0 Å². The van der Waals surface area contributed by atoms with Crippen LogP contribution in [0.15, 0.2) is 48.5 Å². The lowest BCUT2D eigenvalue weighted by atomic mass is 9.87. The molecule has 2 aromatic rings. The maximum absolute atomic E-state index is 12.5. The molecule has 2 rings (SSSR count). The normalized spacial score (nSPS) is 12.9. The van der Waals surface area contributed by atoms with Crippen LogP contribution in [0.5, 0.6) is 5.75 Å². The first-order valence-corrected chi connectivity index (χ1v) is 11.8. The molecule has 6 nitrogen and oxygen atoms in total. The Morgan fingerprint density at radius 3 is 2.13 bits per heavy atom. The molecule has 0 bridgehead atoms. The van der Waals surface area contributed by atoms with E-state index in [-0.39, 0.29) is 30.5 Å². The minimum absolute atomic E-state index is 0.0429. The van der Waals surface area contributed by atoms with Crippen LogP contribution in [0, 0.1) is 6.92 Å². The van der Waals surface area contributed by atoms with E-state index in [4.69, 9.17) is 4.74 Å². The number of aryl methyl sites for hydroxylation is 1. The minimum atomic E-state index is -3.62. The number of anilines is 1. The third kappa shape index (κ3) is 7.06. The fourth-order valence-electron chi connectivity index (χ4n) is 2.88. The van der Waals surface area contributed by atoms with Crippen molar-refractivity contribution in [3.8, 4) is 5.75 Å². The zero-order valence-corrected chi connectivity index (χ0v) is 19.4. The average molecular weight is 433 g/mol. The molecule has 0 unspecified atom stereocenters. The van der Waals surface area contributed by atoms with E-state index in [9.17, 15) is 13.2 Å². The van der Waals surface area contributed by atoms with Crippen LogP contribution in [0.1, 0.15) is 38.8 Å². The van der Waals surface area contributed by atoms with Crippen molar-refractivity contribution in [1.82, 2.24) is 5.32 Å². The number of benzene rings is 2. The predicted molar refractivity (Wildman–Crippen MR) is 122 cm³/mol. The van der Waals surface area contributed by atoms with Gasteiger partial charge >= 0.3 is 0 Å². The van der Waals surface area contributed by atoms with Gasteiger partial charge in [0, 0.05) is 0 Å². The highest BCUT2D eigenvalue weighted by Crippen LogP contribution is 2.25. The van der Waals surface area contributed by atoms with E-state index >= 15 is 0 Å². The second-order valence-corrected chi connectivity index (χ2v) is 10.6. The van der Waals surface area contributed by atoms with Crippen molar-refractivity contribution in [1.29, 1.82) is 0 Å². The Bertz CT molecular complexity index is 946. The van der Waals surface area contributed by atoms with Gasteiger partial charge in [-0.3, -0.25) is 9.10 Å². The summed E-state index contributed by atoms with van der Waals surface area (Å²) < 4.78 is 31.4. The van der Waals surface area contributed by atoms with Gasteiger partial charge in [0.2, 0.25) is 15.9 Å².